The molecule has 1 amide bonds. The molecular formula is C51H95NO3. The number of carbonyl (C=O) groups excluding carboxylic acids is 1. The minimum absolute atomic E-state index is 0.0780. The molecule has 4 heteroatoms. The lowest BCUT2D eigenvalue weighted by atomic mass is 10.0. The van der Waals surface area contributed by atoms with Crippen LogP contribution < -0.4 is 5.32 Å². The van der Waals surface area contributed by atoms with Crippen LogP contribution in [0.25, 0.3) is 0 Å². The average molecular weight is 770 g/mol. The number of carbonyl (C=O) groups is 1. The van der Waals surface area contributed by atoms with Crippen LogP contribution >= 0.6 is 0 Å². The second-order valence-corrected chi connectivity index (χ2v) is 16.5. The van der Waals surface area contributed by atoms with Gasteiger partial charge in [-0.1, -0.05) is 223 Å². The summed E-state index contributed by atoms with van der Waals surface area (Å²) in [6.07, 6.45) is 63.9. The van der Waals surface area contributed by atoms with Crippen LogP contribution in [0.15, 0.2) is 48.6 Å². The molecule has 55 heavy (non-hydrogen) atoms. The largest absolute Gasteiger partial charge is 0.394 e. The van der Waals surface area contributed by atoms with E-state index in [9.17, 15) is 15.0 Å². The zero-order valence-corrected chi connectivity index (χ0v) is 36.9. The Kier molecular flexibility index (Phi) is 45.3. The number of allylic oxidation sites excluding steroid dienone is 7. The van der Waals surface area contributed by atoms with E-state index in [4.69, 9.17) is 0 Å². The van der Waals surface area contributed by atoms with Gasteiger partial charge in [0.15, 0.2) is 0 Å². The average Bonchev–Trinajstić information content (AvgIpc) is 3.19. The van der Waals surface area contributed by atoms with E-state index in [1.54, 1.807) is 6.08 Å². The number of hydrogen-bond acceptors (Lipinski definition) is 3. The normalized spacial score (nSPS) is 13.3. The SMILES string of the molecule is CCCCCCC/C=C/CC/C=C/CC/C=C/C(O)C(CO)NC(=O)CCCCCCCCCCCCCC/C=C\CCCCCCCCCCCCCC. The lowest BCUT2D eigenvalue weighted by Crippen LogP contribution is -2.45. The Labute approximate surface area is 344 Å². The van der Waals surface area contributed by atoms with Crippen LogP contribution in [0.1, 0.15) is 251 Å². The maximum atomic E-state index is 12.4. The Morgan fingerprint density at radius 3 is 1.05 bits per heavy atom. The van der Waals surface area contributed by atoms with Gasteiger partial charge in [0, 0.05) is 6.42 Å². The maximum absolute atomic E-state index is 12.4. The fourth-order valence-electron chi connectivity index (χ4n) is 7.26. The van der Waals surface area contributed by atoms with Crippen molar-refractivity contribution in [3.63, 3.8) is 0 Å². The van der Waals surface area contributed by atoms with E-state index in [-0.39, 0.29) is 12.5 Å². The zero-order valence-electron chi connectivity index (χ0n) is 36.9. The van der Waals surface area contributed by atoms with Crippen molar-refractivity contribution in [2.75, 3.05) is 6.61 Å². The quantitative estimate of drug-likeness (QED) is 0.0427. The second kappa shape index (κ2) is 46.7. The molecule has 3 N–H and O–H groups in total. The van der Waals surface area contributed by atoms with Crippen LogP contribution in [0.2, 0.25) is 0 Å². The first-order chi connectivity index (χ1) is 27.2. The van der Waals surface area contributed by atoms with Crippen molar-refractivity contribution in [2.45, 2.75) is 264 Å². The summed E-state index contributed by atoms with van der Waals surface area (Å²) in [6, 6.07) is -0.645. The van der Waals surface area contributed by atoms with Gasteiger partial charge in [0.2, 0.25) is 5.91 Å². The molecule has 0 heterocycles. The zero-order chi connectivity index (χ0) is 40.0. The molecule has 0 radical (unpaired) electrons. The minimum Gasteiger partial charge on any atom is -0.394 e. The summed E-state index contributed by atoms with van der Waals surface area (Å²) >= 11 is 0. The standard InChI is InChI=1S/C51H95NO3/c1-3-5-7-9-11-13-15-17-19-20-21-22-23-24-25-26-27-28-29-30-31-33-35-37-39-41-43-45-47-51(55)52-49(48-53)50(54)46-44-42-40-38-36-34-32-18-16-14-12-10-8-6-4-2/h16,18,24-25,36,38,44,46,49-50,53-54H,3-15,17,19-23,26-35,37,39-43,45,47-48H2,1-2H3,(H,52,55)/b18-16+,25-24-,38-36+,46-44+. The second-order valence-electron chi connectivity index (χ2n) is 16.5. The van der Waals surface area contributed by atoms with Gasteiger partial charge in [0.1, 0.15) is 0 Å². The predicted octanol–water partition coefficient (Wildman–Crippen LogP) is 15.5. The molecule has 0 aromatic rings. The lowest BCUT2D eigenvalue weighted by molar-refractivity contribution is -0.123. The van der Waals surface area contributed by atoms with E-state index in [0.717, 1.165) is 38.5 Å². The van der Waals surface area contributed by atoms with Crippen LogP contribution in [-0.2, 0) is 4.79 Å². The minimum atomic E-state index is -0.870. The Balaban J connectivity index is 3.53. The number of unbranched alkanes of at least 4 members (excludes halogenated alkanes) is 31. The smallest absolute Gasteiger partial charge is 0.220 e. The van der Waals surface area contributed by atoms with Crippen molar-refractivity contribution in [1.29, 1.82) is 0 Å². The molecule has 0 fully saturated rings. The van der Waals surface area contributed by atoms with Gasteiger partial charge in [-0.3, -0.25) is 4.79 Å². The monoisotopic (exact) mass is 770 g/mol. The first kappa shape index (κ1) is 53.4. The van der Waals surface area contributed by atoms with Crippen LogP contribution in [0.4, 0.5) is 0 Å². The van der Waals surface area contributed by atoms with E-state index < -0.39 is 12.1 Å². The van der Waals surface area contributed by atoms with Gasteiger partial charge in [-0.2, -0.15) is 0 Å². The third kappa shape index (κ3) is 43.3. The number of hydrogen-bond donors (Lipinski definition) is 3. The number of amides is 1. The van der Waals surface area contributed by atoms with Crippen LogP contribution in [0.5, 0.6) is 0 Å². The van der Waals surface area contributed by atoms with E-state index in [1.165, 1.54) is 193 Å². The number of rotatable bonds is 44. The Morgan fingerprint density at radius 2 is 0.709 bits per heavy atom. The van der Waals surface area contributed by atoms with Gasteiger partial charge in [-0.25, -0.2) is 0 Å². The van der Waals surface area contributed by atoms with Crippen molar-refractivity contribution < 1.29 is 15.0 Å². The summed E-state index contributed by atoms with van der Waals surface area (Å²) in [5.41, 5.74) is 0. The molecule has 0 bridgehead atoms. The van der Waals surface area contributed by atoms with Gasteiger partial charge in [0.25, 0.3) is 0 Å². The molecule has 4 nitrogen and oxygen atoms in total. The molecule has 0 aromatic heterocycles. The molecule has 0 aliphatic rings. The molecule has 0 aliphatic carbocycles. The van der Waals surface area contributed by atoms with Gasteiger partial charge in [0.05, 0.1) is 18.8 Å². The Hall–Kier alpha value is -1.65. The lowest BCUT2D eigenvalue weighted by Gasteiger charge is -2.19. The van der Waals surface area contributed by atoms with Gasteiger partial charge < -0.3 is 15.5 Å². The van der Waals surface area contributed by atoms with Crippen molar-refractivity contribution >= 4 is 5.91 Å². The Bertz CT molecular complexity index is 877. The fourth-order valence-corrected chi connectivity index (χ4v) is 7.26. The van der Waals surface area contributed by atoms with Gasteiger partial charge in [-0.05, 0) is 70.6 Å². The van der Waals surface area contributed by atoms with Gasteiger partial charge in [-0.15, -0.1) is 0 Å². The predicted molar refractivity (Wildman–Crippen MR) is 244 cm³/mol. The van der Waals surface area contributed by atoms with Crippen LogP contribution in [0.3, 0.4) is 0 Å². The number of aliphatic hydroxyl groups excluding tert-OH is 2. The van der Waals surface area contributed by atoms with Crippen molar-refractivity contribution in [3.05, 3.63) is 48.6 Å². The van der Waals surface area contributed by atoms with Gasteiger partial charge >= 0.3 is 0 Å². The number of nitrogens with one attached hydrogen (secondary N) is 1. The Morgan fingerprint density at radius 1 is 0.418 bits per heavy atom. The van der Waals surface area contributed by atoms with E-state index in [0.29, 0.717) is 6.42 Å². The molecule has 322 valence electrons. The summed E-state index contributed by atoms with van der Waals surface area (Å²) in [5.74, 6) is -0.0780. The van der Waals surface area contributed by atoms with Crippen molar-refractivity contribution in [2.24, 2.45) is 0 Å². The molecule has 2 unspecified atom stereocenters. The van der Waals surface area contributed by atoms with E-state index >= 15 is 0 Å². The fraction of sp³-hybridized carbons (Fsp3) is 0.824. The summed E-state index contributed by atoms with van der Waals surface area (Å²) in [7, 11) is 0. The topological polar surface area (TPSA) is 69.6 Å². The summed E-state index contributed by atoms with van der Waals surface area (Å²) in [5, 5.41) is 23.0. The first-order valence-corrected chi connectivity index (χ1v) is 24.4. The van der Waals surface area contributed by atoms with Crippen molar-refractivity contribution in [3.8, 4) is 0 Å². The molecule has 0 aromatic carbocycles. The molecule has 0 spiro atoms. The summed E-state index contributed by atoms with van der Waals surface area (Å²) in [6.45, 7) is 4.29. The highest BCUT2D eigenvalue weighted by Gasteiger charge is 2.17. The highest BCUT2D eigenvalue weighted by Crippen LogP contribution is 2.15. The van der Waals surface area contributed by atoms with Crippen molar-refractivity contribution in [1.82, 2.24) is 5.32 Å². The first-order valence-electron chi connectivity index (χ1n) is 24.4. The molecule has 0 saturated carbocycles. The van der Waals surface area contributed by atoms with E-state index in [1.807, 2.05) is 6.08 Å². The maximum Gasteiger partial charge on any atom is 0.220 e. The number of aliphatic hydroxyl groups is 2. The molecular weight excluding hydrogens is 675 g/mol. The van der Waals surface area contributed by atoms with E-state index in [2.05, 4.69) is 55.6 Å². The third-order valence-electron chi connectivity index (χ3n) is 11.0. The highest BCUT2D eigenvalue weighted by molar-refractivity contribution is 5.76. The van der Waals surface area contributed by atoms with Crippen LogP contribution in [-0.4, -0.2) is 34.9 Å². The summed E-state index contributed by atoms with van der Waals surface area (Å²) < 4.78 is 0. The molecule has 0 rings (SSSR count). The van der Waals surface area contributed by atoms with Crippen LogP contribution in [0, 0.1) is 0 Å². The molecule has 0 saturated heterocycles. The molecule has 2 atom stereocenters. The molecule has 0 aliphatic heterocycles. The third-order valence-corrected chi connectivity index (χ3v) is 11.0. The summed E-state index contributed by atoms with van der Waals surface area (Å²) in [4.78, 5) is 12.4. The highest BCUT2D eigenvalue weighted by atomic mass is 16.3.